The number of aliphatic hydroxyl groups excluding tert-OH is 1. The third-order valence-electron chi connectivity index (χ3n) is 2.09. The fraction of sp³-hybridized carbons (Fsp3) is 0.455. The minimum atomic E-state index is -0.544. The Morgan fingerprint density at radius 3 is 2.87 bits per heavy atom. The minimum Gasteiger partial charge on any atom is -0.387 e. The summed E-state index contributed by atoms with van der Waals surface area (Å²) in [6.07, 6.45) is 0.512. The predicted molar refractivity (Wildman–Crippen MR) is 67.3 cm³/mol. The first-order chi connectivity index (χ1) is 7.15. The molecule has 0 aliphatic rings. The van der Waals surface area contributed by atoms with Crippen LogP contribution in [0.15, 0.2) is 22.7 Å². The summed E-state index contributed by atoms with van der Waals surface area (Å²) in [6, 6.07) is 5.51. The van der Waals surface area contributed by atoms with Gasteiger partial charge in [-0.15, -0.1) is 0 Å². The van der Waals surface area contributed by atoms with Crippen LogP contribution in [0.25, 0.3) is 0 Å². The van der Waals surface area contributed by atoms with Crippen molar-refractivity contribution in [1.82, 2.24) is 5.32 Å². The Morgan fingerprint density at radius 2 is 2.27 bits per heavy atom. The van der Waals surface area contributed by atoms with E-state index in [0.29, 0.717) is 11.6 Å². The summed E-state index contributed by atoms with van der Waals surface area (Å²) in [6.45, 7) is 3.53. The zero-order valence-corrected chi connectivity index (χ0v) is 11.0. The first-order valence-electron chi connectivity index (χ1n) is 4.99. The zero-order valence-electron chi connectivity index (χ0n) is 8.63. The third-order valence-corrected chi connectivity index (χ3v) is 2.91. The number of hydrogen-bond acceptors (Lipinski definition) is 2. The number of hydrogen-bond donors (Lipinski definition) is 2. The molecule has 0 aliphatic heterocycles. The molecule has 1 aromatic rings. The third kappa shape index (κ3) is 4.11. The fourth-order valence-electron chi connectivity index (χ4n) is 1.30. The van der Waals surface area contributed by atoms with E-state index in [-0.39, 0.29) is 0 Å². The summed E-state index contributed by atoms with van der Waals surface area (Å²) in [5.74, 6) is 0. The Morgan fingerprint density at radius 1 is 1.53 bits per heavy atom. The van der Waals surface area contributed by atoms with Gasteiger partial charge in [0, 0.05) is 21.6 Å². The van der Waals surface area contributed by atoms with Crippen molar-refractivity contribution in [2.75, 3.05) is 13.1 Å². The molecule has 1 unspecified atom stereocenters. The van der Waals surface area contributed by atoms with E-state index in [9.17, 15) is 5.11 Å². The smallest absolute Gasteiger partial charge is 0.0928 e. The number of aliphatic hydroxyl groups is 1. The van der Waals surface area contributed by atoms with Crippen LogP contribution in [-0.4, -0.2) is 18.2 Å². The lowest BCUT2D eigenvalue weighted by atomic mass is 10.1. The van der Waals surface area contributed by atoms with E-state index in [1.807, 2.05) is 12.1 Å². The topological polar surface area (TPSA) is 32.3 Å². The molecule has 0 spiro atoms. The number of rotatable bonds is 5. The van der Waals surface area contributed by atoms with Crippen LogP contribution in [-0.2, 0) is 0 Å². The van der Waals surface area contributed by atoms with Crippen molar-refractivity contribution in [3.63, 3.8) is 0 Å². The normalized spacial score (nSPS) is 12.8. The van der Waals surface area contributed by atoms with Crippen LogP contribution in [0.2, 0.25) is 5.02 Å². The van der Waals surface area contributed by atoms with Crippen LogP contribution in [0.3, 0.4) is 0 Å². The maximum absolute atomic E-state index is 9.86. The average Bonchev–Trinajstić information content (AvgIpc) is 2.17. The van der Waals surface area contributed by atoms with E-state index >= 15 is 0 Å². The molecule has 84 valence electrons. The SMILES string of the molecule is CCCNCC(O)c1ccc(Br)cc1Cl. The summed E-state index contributed by atoms with van der Waals surface area (Å²) in [5, 5.41) is 13.6. The highest BCUT2D eigenvalue weighted by atomic mass is 79.9. The van der Waals surface area contributed by atoms with Crippen LogP contribution in [0, 0.1) is 0 Å². The second kappa shape index (κ2) is 6.48. The van der Waals surface area contributed by atoms with Crippen LogP contribution in [0.1, 0.15) is 25.0 Å². The van der Waals surface area contributed by atoms with E-state index in [1.54, 1.807) is 6.07 Å². The Balaban J connectivity index is 2.61. The molecule has 1 rings (SSSR count). The van der Waals surface area contributed by atoms with Crippen molar-refractivity contribution in [2.24, 2.45) is 0 Å². The van der Waals surface area contributed by atoms with E-state index in [0.717, 1.165) is 23.0 Å². The first-order valence-corrected chi connectivity index (χ1v) is 6.16. The Kier molecular flexibility index (Phi) is 5.61. The summed E-state index contributed by atoms with van der Waals surface area (Å²) >= 11 is 9.35. The largest absolute Gasteiger partial charge is 0.387 e. The van der Waals surface area contributed by atoms with Crippen LogP contribution in [0.4, 0.5) is 0 Å². The lowest BCUT2D eigenvalue weighted by Crippen LogP contribution is -2.22. The van der Waals surface area contributed by atoms with Gasteiger partial charge in [-0.1, -0.05) is 40.5 Å². The molecule has 2 nitrogen and oxygen atoms in total. The molecule has 0 fully saturated rings. The lowest BCUT2D eigenvalue weighted by Gasteiger charge is -2.13. The second-order valence-electron chi connectivity index (χ2n) is 3.39. The quantitative estimate of drug-likeness (QED) is 0.817. The molecule has 4 heteroatoms. The first kappa shape index (κ1) is 13.0. The van der Waals surface area contributed by atoms with Crippen LogP contribution >= 0.6 is 27.5 Å². The molecule has 0 bridgehead atoms. The number of halogens is 2. The van der Waals surface area contributed by atoms with Crippen molar-refractivity contribution in [1.29, 1.82) is 0 Å². The molecule has 0 saturated heterocycles. The van der Waals surface area contributed by atoms with Gasteiger partial charge in [0.2, 0.25) is 0 Å². The summed E-state index contributed by atoms with van der Waals surface area (Å²) in [5.41, 5.74) is 0.767. The fourth-order valence-corrected chi connectivity index (χ4v) is 2.10. The highest BCUT2D eigenvalue weighted by Crippen LogP contribution is 2.26. The summed E-state index contributed by atoms with van der Waals surface area (Å²) in [4.78, 5) is 0. The van der Waals surface area contributed by atoms with Crippen molar-refractivity contribution < 1.29 is 5.11 Å². The zero-order chi connectivity index (χ0) is 11.3. The average molecular weight is 293 g/mol. The molecule has 1 atom stereocenters. The summed E-state index contributed by atoms with van der Waals surface area (Å²) in [7, 11) is 0. The Hall–Kier alpha value is -0.0900. The molecule has 0 amide bonds. The summed E-state index contributed by atoms with van der Waals surface area (Å²) < 4.78 is 0.921. The van der Waals surface area contributed by atoms with E-state index in [4.69, 9.17) is 11.6 Å². The molecule has 0 heterocycles. The van der Waals surface area contributed by atoms with Gasteiger partial charge < -0.3 is 10.4 Å². The Bertz CT molecular complexity index is 319. The Labute approximate surface area is 104 Å². The van der Waals surface area contributed by atoms with E-state index in [2.05, 4.69) is 28.2 Å². The van der Waals surface area contributed by atoms with Crippen molar-refractivity contribution in [2.45, 2.75) is 19.4 Å². The standard InChI is InChI=1S/C11H15BrClNO/c1-2-5-14-7-11(15)9-4-3-8(12)6-10(9)13/h3-4,6,11,14-15H,2,5,7H2,1H3. The molecule has 15 heavy (non-hydrogen) atoms. The molecule has 0 radical (unpaired) electrons. The molecule has 2 N–H and O–H groups in total. The van der Waals surface area contributed by atoms with Gasteiger partial charge in [-0.2, -0.15) is 0 Å². The van der Waals surface area contributed by atoms with E-state index < -0.39 is 6.10 Å². The minimum absolute atomic E-state index is 0.537. The second-order valence-corrected chi connectivity index (χ2v) is 4.71. The van der Waals surface area contributed by atoms with Gasteiger partial charge in [0.25, 0.3) is 0 Å². The van der Waals surface area contributed by atoms with Crippen LogP contribution < -0.4 is 5.32 Å². The van der Waals surface area contributed by atoms with Gasteiger partial charge in [0.15, 0.2) is 0 Å². The van der Waals surface area contributed by atoms with Gasteiger partial charge in [-0.25, -0.2) is 0 Å². The van der Waals surface area contributed by atoms with Gasteiger partial charge in [0.1, 0.15) is 0 Å². The molecule has 0 aliphatic carbocycles. The van der Waals surface area contributed by atoms with Gasteiger partial charge >= 0.3 is 0 Å². The highest BCUT2D eigenvalue weighted by molar-refractivity contribution is 9.10. The molecular formula is C11H15BrClNO. The van der Waals surface area contributed by atoms with Gasteiger partial charge in [-0.3, -0.25) is 0 Å². The molecule has 0 aromatic heterocycles. The predicted octanol–water partition coefficient (Wildman–Crippen LogP) is 3.14. The lowest BCUT2D eigenvalue weighted by molar-refractivity contribution is 0.175. The maximum atomic E-state index is 9.86. The molecule has 0 saturated carbocycles. The van der Waals surface area contributed by atoms with Crippen molar-refractivity contribution in [3.8, 4) is 0 Å². The highest BCUT2D eigenvalue weighted by Gasteiger charge is 2.10. The number of nitrogens with one attached hydrogen (secondary N) is 1. The monoisotopic (exact) mass is 291 g/mol. The van der Waals surface area contributed by atoms with Crippen molar-refractivity contribution in [3.05, 3.63) is 33.3 Å². The van der Waals surface area contributed by atoms with Gasteiger partial charge in [-0.05, 0) is 25.1 Å². The maximum Gasteiger partial charge on any atom is 0.0928 e. The van der Waals surface area contributed by atoms with E-state index in [1.165, 1.54) is 0 Å². The molecular weight excluding hydrogens is 277 g/mol. The molecule has 1 aromatic carbocycles. The van der Waals surface area contributed by atoms with Crippen molar-refractivity contribution >= 4 is 27.5 Å². The van der Waals surface area contributed by atoms with Gasteiger partial charge in [0.05, 0.1) is 6.10 Å². The number of benzene rings is 1. The van der Waals surface area contributed by atoms with Crippen LogP contribution in [0.5, 0.6) is 0 Å².